The molecule has 1 saturated carbocycles. The maximum atomic E-state index is 12.4. The zero-order chi connectivity index (χ0) is 12.8. The van der Waals surface area contributed by atoms with Crippen LogP contribution in [0.4, 0.5) is 13.2 Å². The molecule has 1 aliphatic carbocycles. The molecular weight excluding hydrogens is 253 g/mol. The van der Waals surface area contributed by atoms with E-state index < -0.39 is 34.1 Å². The van der Waals surface area contributed by atoms with E-state index in [9.17, 15) is 21.6 Å². The molecule has 0 spiro atoms. The fourth-order valence-electron chi connectivity index (χ4n) is 1.42. The Bertz CT molecular complexity index is 368. The molecule has 9 heteroatoms. The first-order valence-corrected chi connectivity index (χ1v) is 6.11. The van der Waals surface area contributed by atoms with Crippen molar-refractivity contribution in [2.24, 2.45) is 5.41 Å². The molecule has 0 aromatic carbocycles. The number of alkyl halides is 3. The monoisotopic (exact) mass is 264 g/mol. The summed E-state index contributed by atoms with van der Waals surface area (Å²) in [6.07, 6.45) is -5.85. The van der Waals surface area contributed by atoms with Gasteiger partial charge in [-0.15, -0.1) is 0 Å². The maximum Gasteiger partial charge on any atom is 0.394 e. The van der Waals surface area contributed by atoms with Crippen LogP contribution >= 0.6 is 0 Å². The lowest BCUT2D eigenvalue weighted by molar-refractivity contribution is -0.320. The first-order chi connectivity index (χ1) is 6.87. The van der Waals surface area contributed by atoms with Crippen LogP contribution in [-0.2, 0) is 14.3 Å². The molecule has 0 unspecified atom stereocenters. The molecular formula is C7H11F3O5S. The Morgan fingerprint density at radius 1 is 1.31 bits per heavy atom. The average molecular weight is 264 g/mol. The van der Waals surface area contributed by atoms with Gasteiger partial charge < -0.3 is 10.2 Å². The fraction of sp³-hybridized carbons (Fsp3) is 1.00. The quantitative estimate of drug-likeness (QED) is 0.565. The molecule has 1 fully saturated rings. The Morgan fingerprint density at radius 3 is 2.00 bits per heavy atom. The summed E-state index contributed by atoms with van der Waals surface area (Å²) in [6, 6.07) is 0. The normalized spacial score (nSPS) is 20.9. The van der Waals surface area contributed by atoms with Crippen LogP contribution in [0.2, 0.25) is 0 Å². The van der Waals surface area contributed by atoms with E-state index in [1.54, 1.807) is 0 Å². The number of hydrogen-bond acceptors (Lipinski definition) is 5. The third-order valence-corrected chi connectivity index (χ3v) is 2.88. The summed E-state index contributed by atoms with van der Waals surface area (Å²) in [5.74, 6) is -3.32. The van der Waals surface area contributed by atoms with Crippen molar-refractivity contribution in [3.05, 3.63) is 0 Å². The van der Waals surface area contributed by atoms with Crippen molar-refractivity contribution in [1.29, 1.82) is 0 Å². The number of aliphatic hydroxyl groups is 2. The van der Waals surface area contributed by atoms with E-state index in [0.717, 1.165) is 0 Å². The van der Waals surface area contributed by atoms with E-state index in [1.807, 2.05) is 0 Å². The van der Waals surface area contributed by atoms with E-state index >= 15 is 0 Å². The first kappa shape index (κ1) is 13.7. The summed E-state index contributed by atoms with van der Waals surface area (Å²) < 4.78 is 62.2. The third kappa shape index (κ3) is 3.30. The molecule has 5 nitrogen and oxygen atoms in total. The molecule has 0 amide bonds. The van der Waals surface area contributed by atoms with Crippen LogP contribution in [0, 0.1) is 5.41 Å². The summed E-state index contributed by atoms with van der Waals surface area (Å²) in [7, 11) is -4.24. The van der Waals surface area contributed by atoms with Gasteiger partial charge in [-0.2, -0.15) is 21.6 Å². The Labute approximate surface area is 90.0 Å². The largest absolute Gasteiger partial charge is 0.394 e. The summed E-state index contributed by atoms with van der Waals surface area (Å²) >= 11 is 0. The van der Waals surface area contributed by atoms with Crippen LogP contribution in [0.3, 0.4) is 0 Å². The molecule has 0 heterocycles. The van der Waals surface area contributed by atoms with Crippen LogP contribution in [0.5, 0.6) is 0 Å². The Balaban J connectivity index is 2.74. The van der Waals surface area contributed by atoms with Crippen LogP contribution in [0.25, 0.3) is 0 Å². The van der Waals surface area contributed by atoms with Crippen molar-refractivity contribution in [2.45, 2.75) is 31.4 Å². The molecule has 0 radical (unpaired) electrons. The average Bonchev–Trinajstić information content (AvgIpc) is 2.58. The first-order valence-electron chi connectivity index (χ1n) is 4.29. The van der Waals surface area contributed by atoms with E-state index in [0.29, 0.717) is 6.26 Å². The van der Waals surface area contributed by atoms with Crippen molar-refractivity contribution >= 4 is 10.1 Å². The Morgan fingerprint density at radius 2 is 1.75 bits per heavy atom. The molecule has 2 N–H and O–H groups in total. The minimum atomic E-state index is -4.61. The predicted molar refractivity (Wildman–Crippen MR) is 45.4 cm³/mol. The summed E-state index contributed by atoms with van der Waals surface area (Å²) in [5, 5.41) is 18.1. The van der Waals surface area contributed by atoms with Gasteiger partial charge in [-0.05, 0) is 12.8 Å². The van der Waals surface area contributed by atoms with Gasteiger partial charge in [0.25, 0.3) is 16.1 Å². The smallest absolute Gasteiger partial charge is 0.343 e. The standard InChI is InChI=1S/C7H11F3O5S/c1-16(13,14)15-6(11,12)4-5(2-3-5)7(8,9)10/h11-12H,2-4H2,1H3. The van der Waals surface area contributed by atoms with Gasteiger partial charge >= 0.3 is 6.18 Å². The predicted octanol–water partition coefficient (Wildman–Crippen LogP) is 0.334. The SMILES string of the molecule is CS(=O)(=O)OC(O)(O)CC1(C(F)(F)F)CC1. The summed E-state index contributed by atoms with van der Waals surface area (Å²) in [5.41, 5.74) is -2.25. The van der Waals surface area contributed by atoms with Crippen LogP contribution in [0.15, 0.2) is 0 Å². The highest BCUT2D eigenvalue weighted by atomic mass is 32.2. The highest BCUT2D eigenvalue weighted by Crippen LogP contribution is 2.61. The van der Waals surface area contributed by atoms with E-state index in [2.05, 4.69) is 4.18 Å². The molecule has 0 bridgehead atoms. The molecule has 0 atom stereocenters. The van der Waals surface area contributed by atoms with Crippen LogP contribution < -0.4 is 0 Å². The van der Waals surface area contributed by atoms with Gasteiger partial charge in [-0.25, -0.2) is 4.18 Å². The lowest BCUT2D eigenvalue weighted by Gasteiger charge is -2.27. The number of rotatable bonds is 4. The zero-order valence-corrected chi connectivity index (χ0v) is 9.10. The molecule has 0 saturated heterocycles. The highest BCUT2D eigenvalue weighted by molar-refractivity contribution is 7.86. The van der Waals surface area contributed by atoms with Crippen molar-refractivity contribution in [3.63, 3.8) is 0 Å². The van der Waals surface area contributed by atoms with Gasteiger partial charge in [0.05, 0.1) is 11.7 Å². The second-order valence-corrected chi connectivity index (χ2v) is 5.56. The van der Waals surface area contributed by atoms with E-state index in [4.69, 9.17) is 10.2 Å². The lowest BCUT2D eigenvalue weighted by atomic mass is 10.0. The van der Waals surface area contributed by atoms with Crippen LogP contribution in [-0.4, -0.2) is 37.0 Å². The Hall–Kier alpha value is -0.380. The van der Waals surface area contributed by atoms with Crippen molar-refractivity contribution in [2.75, 3.05) is 6.26 Å². The minimum Gasteiger partial charge on any atom is -0.343 e. The van der Waals surface area contributed by atoms with Gasteiger partial charge in [0, 0.05) is 6.42 Å². The molecule has 16 heavy (non-hydrogen) atoms. The summed E-state index contributed by atoms with van der Waals surface area (Å²) in [6.45, 7) is 0. The van der Waals surface area contributed by atoms with Gasteiger partial charge in [0.2, 0.25) is 0 Å². The van der Waals surface area contributed by atoms with Crippen molar-refractivity contribution in [3.8, 4) is 0 Å². The zero-order valence-electron chi connectivity index (χ0n) is 8.28. The fourth-order valence-corrected chi connectivity index (χ4v) is 1.97. The molecule has 1 rings (SSSR count). The molecule has 0 aromatic heterocycles. The Kier molecular flexibility index (Phi) is 3.04. The van der Waals surface area contributed by atoms with E-state index in [-0.39, 0.29) is 12.8 Å². The van der Waals surface area contributed by atoms with Gasteiger partial charge in [-0.1, -0.05) is 0 Å². The summed E-state index contributed by atoms with van der Waals surface area (Å²) in [4.78, 5) is 0. The molecule has 1 aliphatic rings. The van der Waals surface area contributed by atoms with Crippen molar-refractivity contribution < 1.29 is 36.0 Å². The van der Waals surface area contributed by atoms with E-state index in [1.165, 1.54) is 0 Å². The minimum absolute atomic E-state index is 0.271. The second kappa shape index (κ2) is 3.56. The maximum absolute atomic E-state index is 12.4. The van der Waals surface area contributed by atoms with Gasteiger partial charge in [0.1, 0.15) is 0 Å². The van der Waals surface area contributed by atoms with Gasteiger partial charge in [0.15, 0.2) is 0 Å². The van der Waals surface area contributed by atoms with Gasteiger partial charge in [-0.3, -0.25) is 0 Å². The van der Waals surface area contributed by atoms with Crippen LogP contribution in [0.1, 0.15) is 19.3 Å². The third-order valence-electron chi connectivity index (χ3n) is 2.31. The second-order valence-electron chi connectivity index (χ2n) is 3.99. The van der Waals surface area contributed by atoms with Crippen molar-refractivity contribution in [1.82, 2.24) is 0 Å². The lowest BCUT2D eigenvalue weighted by Crippen LogP contribution is -2.41. The molecule has 96 valence electrons. The topological polar surface area (TPSA) is 83.8 Å². The number of halogens is 3. The highest BCUT2D eigenvalue weighted by Gasteiger charge is 2.66. The number of hydrogen-bond donors (Lipinski definition) is 2. The molecule has 0 aliphatic heterocycles. The molecule has 0 aromatic rings.